The molecule has 1 unspecified atom stereocenters. The molecule has 156 valence electrons. The van der Waals surface area contributed by atoms with Crippen LogP contribution in [0.3, 0.4) is 0 Å². The topological polar surface area (TPSA) is 81.4 Å². The van der Waals surface area contributed by atoms with Crippen LogP contribution in [0.2, 0.25) is 10.0 Å². The van der Waals surface area contributed by atoms with Crippen LogP contribution in [-0.4, -0.2) is 23.0 Å². The molecule has 0 saturated carbocycles. The molecular formula is C23H16Cl2N2O4. The smallest absolute Gasteiger partial charge is 0.339 e. The van der Waals surface area contributed by atoms with Gasteiger partial charge in [0, 0.05) is 5.69 Å². The number of hydrogen-bond acceptors (Lipinski definition) is 5. The molecule has 0 aliphatic heterocycles. The van der Waals surface area contributed by atoms with Crippen molar-refractivity contribution < 1.29 is 18.7 Å². The molecule has 0 fully saturated rings. The Morgan fingerprint density at radius 1 is 1.00 bits per heavy atom. The first-order valence-corrected chi connectivity index (χ1v) is 10.1. The Kier molecular flexibility index (Phi) is 5.93. The number of rotatable bonds is 5. The van der Waals surface area contributed by atoms with Crippen LogP contribution in [0.5, 0.6) is 0 Å². The zero-order valence-electron chi connectivity index (χ0n) is 16.3. The van der Waals surface area contributed by atoms with E-state index in [9.17, 15) is 9.59 Å². The first-order valence-electron chi connectivity index (χ1n) is 9.34. The summed E-state index contributed by atoms with van der Waals surface area (Å²) in [6, 6.07) is 18.7. The average Bonchev–Trinajstić information content (AvgIpc) is 3.20. The van der Waals surface area contributed by atoms with Gasteiger partial charge in [0.2, 0.25) is 5.89 Å². The third kappa shape index (κ3) is 4.55. The molecular weight excluding hydrogens is 439 g/mol. The Hall–Kier alpha value is -3.35. The summed E-state index contributed by atoms with van der Waals surface area (Å²) >= 11 is 11.8. The van der Waals surface area contributed by atoms with Gasteiger partial charge in [-0.3, -0.25) is 4.79 Å². The average molecular weight is 455 g/mol. The van der Waals surface area contributed by atoms with Crippen LogP contribution in [0.15, 0.2) is 71.1 Å². The van der Waals surface area contributed by atoms with Crippen molar-refractivity contribution in [2.24, 2.45) is 0 Å². The van der Waals surface area contributed by atoms with Gasteiger partial charge >= 0.3 is 5.97 Å². The minimum Gasteiger partial charge on any atom is -0.449 e. The van der Waals surface area contributed by atoms with Gasteiger partial charge in [-0.1, -0.05) is 47.5 Å². The summed E-state index contributed by atoms with van der Waals surface area (Å²) in [6.45, 7) is 1.48. The summed E-state index contributed by atoms with van der Waals surface area (Å²) < 4.78 is 11.2. The standard InChI is InChI=1S/C23H16Cl2N2O4/c1-13(21(28)26-14-10-11-17(24)18(25)12-14)30-23(29)16-7-3-2-6-15(16)22-27-19-8-4-5-9-20(19)31-22/h2-13H,1H3,(H,26,28). The van der Waals surface area contributed by atoms with Crippen LogP contribution < -0.4 is 5.32 Å². The highest BCUT2D eigenvalue weighted by atomic mass is 35.5. The first kappa shape index (κ1) is 20.9. The van der Waals surface area contributed by atoms with Crippen LogP contribution >= 0.6 is 23.2 Å². The number of esters is 1. The van der Waals surface area contributed by atoms with E-state index in [0.717, 1.165) is 0 Å². The van der Waals surface area contributed by atoms with Gasteiger partial charge in [0.05, 0.1) is 21.2 Å². The summed E-state index contributed by atoms with van der Waals surface area (Å²) in [5.41, 5.74) is 2.43. The zero-order valence-corrected chi connectivity index (χ0v) is 17.8. The minimum atomic E-state index is -1.06. The van der Waals surface area contributed by atoms with E-state index >= 15 is 0 Å². The number of aromatic nitrogens is 1. The van der Waals surface area contributed by atoms with E-state index in [-0.39, 0.29) is 5.56 Å². The first-order chi connectivity index (χ1) is 14.9. The lowest BCUT2D eigenvalue weighted by Crippen LogP contribution is -2.30. The highest BCUT2D eigenvalue weighted by Crippen LogP contribution is 2.28. The normalized spacial score (nSPS) is 11.8. The number of carbonyl (C=O) groups is 2. The summed E-state index contributed by atoms with van der Waals surface area (Å²) in [5, 5.41) is 3.31. The number of halogens is 2. The van der Waals surface area contributed by atoms with E-state index in [4.69, 9.17) is 32.4 Å². The van der Waals surface area contributed by atoms with Crippen molar-refractivity contribution in [3.63, 3.8) is 0 Å². The van der Waals surface area contributed by atoms with Crippen molar-refractivity contribution in [3.05, 3.63) is 82.3 Å². The Bertz CT molecular complexity index is 1250. The molecule has 0 bridgehead atoms. The molecule has 0 aliphatic carbocycles. The Balaban J connectivity index is 1.52. The third-order valence-electron chi connectivity index (χ3n) is 4.51. The van der Waals surface area contributed by atoms with Gasteiger partial charge in [0.1, 0.15) is 5.52 Å². The monoisotopic (exact) mass is 454 g/mol. The maximum absolute atomic E-state index is 12.8. The summed E-state index contributed by atoms with van der Waals surface area (Å²) in [5.74, 6) is -0.887. The maximum atomic E-state index is 12.8. The van der Waals surface area contributed by atoms with Gasteiger partial charge < -0.3 is 14.5 Å². The number of carbonyl (C=O) groups excluding carboxylic acids is 2. The second-order valence-electron chi connectivity index (χ2n) is 6.70. The van der Waals surface area contributed by atoms with Crippen molar-refractivity contribution >= 4 is 51.9 Å². The molecule has 0 radical (unpaired) electrons. The Morgan fingerprint density at radius 2 is 1.74 bits per heavy atom. The molecule has 1 atom stereocenters. The quantitative estimate of drug-likeness (QED) is 0.374. The van der Waals surface area contributed by atoms with E-state index in [0.29, 0.717) is 38.3 Å². The molecule has 1 heterocycles. The fourth-order valence-corrected chi connectivity index (χ4v) is 3.23. The fraction of sp³-hybridized carbons (Fsp3) is 0.0870. The number of ether oxygens (including phenoxy) is 1. The van der Waals surface area contributed by atoms with Crippen LogP contribution in [0.4, 0.5) is 5.69 Å². The molecule has 4 rings (SSSR count). The van der Waals surface area contributed by atoms with Gasteiger partial charge in [-0.05, 0) is 49.4 Å². The van der Waals surface area contributed by atoms with Crippen molar-refractivity contribution in [1.29, 1.82) is 0 Å². The number of nitrogens with one attached hydrogen (secondary N) is 1. The van der Waals surface area contributed by atoms with Gasteiger partial charge in [-0.15, -0.1) is 0 Å². The van der Waals surface area contributed by atoms with E-state index in [2.05, 4.69) is 10.3 Å². The second-order valence-corrected chi connectivity index (χ2v) is 7.51. The van der Waals surface area contributed by atoms with E-state index in [1.807, 2.05) is 18.2 Å². The maximum Gasteiger partial charge on any atom is 0.339 e. The van der Waals surface area contributed by atoms with Crippen LogP contribution in [0, 0.1) is 0 Å². The molecule has 1 amide bonds. The number of benzene rings is 3. The highest BCUT2D eigenvalue weighted by molar-refractivity contribution is 6.42. The number of oxazole rings is 1. The van der Waals surface area contributed by atoms with E-state index in [1.165, 1.54) is 13.0 Å². The summed E-state index contributed by atoms with van der Waals surface area (Å²) in [6.07, 6.45) is -1.06. The molecule has 31 heavy (non-hydrogen) atoms. The van der Waals surface area contributed by atoms with Crippen LogP contribution in [0.1, 0.15) is 17.3 Å². The van der Waals surface area contributed by atoms with Gasteiger partial charge in [0.15, 0.2) is 11.7 Å². The Labute approximate surface area is 187 Å². The lowest BCUT2D eigenvalue weighted by Gasteiger charge is -2.15. The number of hydrogen-bond donors (Lipinski definition) is 1. The number of fused-ring (bicyclic) bond motifs is 1. The molecule has 0 saturated heterocycles. The van der Waals surface area contributed by atoms with Gasteiger partial charge in [-0.2, -0.15) is 0 Å². The summed E-state index contributed by atoms with van der Waals surface area (Å²) in [4.78, 5) is 29.7. The number of nitrogens with zero attached hydrogens (tertiary/aromatic N) is 1. The Morgan fingerprint density at radius 3 is 2.52 bits per heavy atom. The van der Waals surface area contributed by atoms with Crippen LogP contribution in [0.25, 0.3) is 22.6 Å². The van der Waals surface area contributed by atoms with E-state index in [1.54, 1.807) is 42.5 Å². The largest absolute Gasteiger partial charge is 0.449 e. The summed E-state index contributed by atoms with van der Waals surface area (Å²) in [7, 11) is 0. The van der Waals surface area contributed by atoms with Crippen molar-refractivity contribution in [1.82, 2.24) is 4.98 Å². The molecule has 1 N–H and O–H groups in total. The molecule has 6 nitrogen and oxygen atoms in total. The van der Waals surface area contributed by atoms with Crippen molar-refractivity contribution in [2.45, 2.75) is 13.0 Å². The SMILES string of the molecule is CC(OC(=O)c1ccccc1-c1nc2ccccc2o1)C(=O)Nc1ccc(Cl)c(Cl)c1. The third-order valence-corrected chi connectivity index (χ3v) is 5.25. The number of amides is 1. The molecule has 0 spiro atoms. The zero-order chi connectivity index (χ0) is 22.0. The van der Waals surface area contributed by atoms with Crippen molar-refractivity contribution in [3.8, 4) is 11.5 Å². The molecule has 4 aromatic rings. The predicted molar refractivity (Wildman–Crippen MR) is 119 cm³/mol. The fourth-order valence-electron chi connectivity index (χ4n) is 2.93. The molecule has 1 aromatic heterocycles. The van der Waals surface area contributed by atoms with Crippen LogP contribution in [-0.2, 0) is 9.53 Å². The van der Waals surface area contributed by atoms with E-state index < -0.39 is 18.0 Å². The molecule has 3 aromatic carbocycles. The lowest BCUT2D eigenvalue weighted by molar-refractivity contribution is -0.123. The second kappa shape index (κ2) is 8.79. The number of anilines is 1. The highest BCUT2D eigenvalue weighted by Gasteiger charge is 2.23. The van der Waals surface area contributed by atoms with Gasteiger partial charge in [-0.25, -0.2) is 9.78 Å². The van der Waals surface area contributed by atoms with Gasteiger partial charge in [0.25, 0.3) is 5.91 Å². The lowest BCUT2D eigenvalue weighted by atomic mass is 10.1. The molecule has 0 aliphatic rings. The van der Waals surface area contributed by atoms with Crippen molar-refractivity contribution in [2.75, 3.05) is 5.32 Å². The minimum absolute atomic E-state index is 0.239. The molecule has 8 heteroatoms. The predicted octanol–water partition coefficient (Wildman–Crippen LogP) is 5.99. The number of para-hydroxylation sites is 2.